The lowest BCUT2D eigenvalue weighted by atomic mass is 10.2. The highest BCUT2D eigenvalue weighted by Crippen LogP contribution is 2.20. The molecule has 0 radical (unpaired) electrons. The second-order valence-corrected chi connectivity index (χ2v) is 5.03. The summed E-state index contributed by atoms with van der Waals surface area (Å²) in [5, 5.41) is 0. The molecule has 5 nitrogen and oxygen atoms in total. The second-order valence-electron chi connectivity index (χ2n) is 5.03. The Balaban J connectivity index is 1.68. The Hall–Kier alpha value is -2.30. The molecular formula is C15H19N5. The second kappa shape index (κ2) is 5.36. The van der Waals surface area contributed by atoms with Crippen LogP contribution in [0.1, 0.15) is 5.82 Å². The minimum Gasteiger partial charge on any atom is -0.399 e. The molecule has 0 unspecified atom stereocenters. The molecule has 0 aliphatic carbocycles. The van der Waals surface area contributed by atoms with Gasteiger partial charge in [-0.05, 0) is 31.2 Å². The van der Waals surface area contributed by atoms with E-state index in [0.29, 0.717) is 0 Å². The molecule has 1 aliphatic rings. The number of nitrogens with two attached hydrogens (primary N) is 1. The quantitative estimate of drug-likeness (QED) is 0.841. The monoisotopic (exact) mass is 269 g/mol. The van der Waals surface area contributed by atoms with E-state index in [0.717, 1.165) is 43.5 Å². The van der Waals surface area contributed by atoms with Crippen LogP contribution in [0.4, 0.5) is 17.2 Å². The average molecular weight is 269 g/mol. The molecule has 0 saturated carbocycles. The highest BCUT2D eigenvalue weighted by molar-refractivity contribution is 5.57. The summed E-state index contributed by atoms with van der Waals surface area (Å²) in [6.45, 7) is 5.81. The Morgan fingerprint density at radius 2 is 1.80 bits per heavy atom. The van der Waals surface area contributed by atoms with E-state index >= 15 is 0 Å². The molecule has 0 amide bonds. The van der Waals surface area contributed by atoms with Crippen LogP contribution in [0.15, 0.2) is 36.5 Å². The first-order valence-electron chi connectivity index (χ1n) is 6.87. The van der Waals surface area contributed by atoms with Gasteiger partial charge in [-0.25, -0.2) is 9.97 Å². The largest absolute Gasteiger partial charge is 0.399 e. The average Bonchev–Trinajstić information content (AvgIpc) is 2.47. The number of piperazine rings is 1. The summed E-state index contributed by atoms with van der Waals surface area (Å²) in [5.41, 5.74) is 7.86. The van der Waals surface area contributed by atoms with Crippen LogP contribution >= 0.6 is 0 Å². The van der Waals surface area contributed by atoms with Crippen molar-refractivity contribution in [2.24, 2.45) is 0 Å². The van der Waals surface area contributed by atoms with Crippen LogP contribution in [0.3, 0.4) is 0 Å². The topological polar surface area (TPSA) is 58.3 Å². The molecule has 2 aromatic rings. The van der Waals surface area contributed by atoms with Gasteiger partial charge in [0.2, 0.25) is 0 Å². The fourth-order valence-electron chi connectivity index (χ4n) is 2.54. The number of nitrogens with zero attached hydrogens (tertiary/aromatic N) is 4. The van der Waals surface area contributed by atoms with Gasteiger partial charge in [-0.3, -0.25) is 0 Å². The summed E-state index contributed by atoms with van der Waals surface area (Å²) >= 11 is 0. The van der Waals surface area contributed by atoms with Crippen molar-refractivity contribution in [1.29, 1.82) is 0 Å². The van der Waals surface area contributed by atoms with Gasteiger partial charge in [0.15, 0.2) is 0 Å². The lowest BCUT2D eigenvalue weighted by molar-refractivity contribution is 0.646. The third-order valence-electron chi connectivity index (χ3n) is 3.60. The van der Waals surface area contributed by atoms with Crippen LogP contribution in [0.5, 0.6) is 0 Å². The molecule has 1 aromatic heterocycles. The molecule has 104 valence electrons. The first-order valence-corrected chi connectivity index (χ1v) is 6.87. The standard InChI is InChI=1S/C15H19N5/c1-12-17-6-5-15(18-12)20-9-7-19(8-10-20)14-4-2-3-13(16)11-14/h2-6,11H,7-10,16H2,1H3. The van der Waals surface area contributed by atoms with E-state index in [-0.39, 0.29) is 0 Å². The van der Waals surface area contributed by atoms with Gasteiger partial charge in [0.25, 0.3) is 0 Å². The van der Waals surface area contributed by atoms with Crippen LogP contribution in [-0.4, -0.2) is 36.1 Å². The van der Waals surface area contributed by atoms with Crippen molar-refractivity contribution in [3.8, 4) is 0 Å². The summed E-state index contributed by atoms with van der Waals surface area (Å²) < 4.78 is 0. The first kappa shape index (κ1) is 12.7. The lowest BCUT2D eigenvalue weighted by Gasteiger charge is -2.36. The molecule has 1 fully saturated rings. The van der Waals surface area contributed by atoms with Crippen molar-refractivity contribution in [3.05, 3.63) is 42.4 Å². The number of rotatable bonds is 2. The molecule has 1 saturated heterocycles. The third kappa shape index (κ3) is 2.66. The predicted octanol–water partition coefficient (Wildman–Crippen LogP) is 1.69. The molecule has 2 N–H and O–H groups in total. The Kier molecular flexibility index (Phi) is 3.41. The zero-order valence-corrected chi connectivity index (χ0v) is 11.7. The lowest BCUT2D eigenvalue weighted by Crippen LogP contribution is -2.46. The summed E-state index contributed by atoms with van der Waals surface area (Å²) in [7, 11) is 0. The zero-order chi connectivity index (χ0) is 13.9. The number of nitrogen functional groups attached to an aromatic ring is 1. The Morgan fingerprint density at radius 1 is 1.05 bits per heavy atom. The van der Waals surface area contributed by atoms with Crippen LogP contribution in [0.25, 0.3) is 0 Å². The van der Waals surface area contributed by atoms with Gasteiger partial charge in [0, 0.05) is 43.8 Å². The van der Waals surface area contributed by atoms with E-state index in [1.165, 1.54) is 5.69 Å². The minimum absolute atomic E-state index is 0.816. The fraction of sp³-hybridized carbons (Fsp3) is 0.333. The smallest absolute Gasteiger partial charge is 0.132 e. The molecule has 3 rings (SSSR count). The van der Waals surface area contributed by atoms with Gasteiger partial charge in [0.1, 0.15) is 11.6 Å². The maximum atomic E-state index is 5.85. The fourth-order valence-corrected chi connectivity index (χ4v) is 2.54. The number of anilines is 3. The number of hydrogen-bond donors (Lipinski definition) is 1. The Bertz CT molecular complexity index is 537. The molecule has 5 heteroatoms. The summed E-state index contributed by atoms with van der Waals surface area (Å²) in [6.07, 6.45) is 1.82. The van der Waals surface area contributed by atoms with Crippen molar-refractivity contribution >= 4 is 17.2 Å². The van der Waals surface area contributed by atoms with E-state index in [4.69, 9.17) is 5.73 Å². The van der Waals surface area contributed by atoms with E-state index in [1.54, 1.807) is 0 Å². The summed E-state index contributed by atoms with van der Waals surface area (Å²) in [6, 6.07) is 10.0. The van der Waals surface area contributed by atoms with Gasteiger partial charge in [-0.2, -0.15) is 0 Å². The number of benzene rings is 1. The number of aromatic nitrogens is 2. The Morgan fingerprint density at radius 3 is 2.50 bits per heavy atom. The van der Waals surface area contributed by atoms with E-state index in [2.05, 4.69) is 25.8 Å². The van der Waals surface area contributed by atoms with Gasteiger partial charge in [-0.1, -0.05) is 6.07 Å². The molecule has 1 aliphatic heterocycles. The summed E-state index contributed by atoms with van der Waals surface area (Å²) in [5.74, 6) is 1.84. The molecule has 0 bridgehead atoms. The van der Waals surface area contributed by atoms with E-state index < -0.39 is 0 Å². The molecular weight excluding hydrogens is 250 g/mol. The van der Waals surface area contributed by atoms with Gasteiger partial charge in [-0.15, -0.1) is 0 Å². The van der Waals surface area contributed by atoms with Crippen molar-refractivity contribution in [1.82, 2.24) is 9.97 Å². The number of hydrogen-bond acceptors (Lipinski definition) is 5. The van der Waals surface area contributed by atoms with E-state index in [1.807, 2.05) is 37.4 Å². The number of aryl methyl sites for hydroxylation is 1. The minimum atomic E-state index is 0.816. The van der Waals surface area contributed by atoms with Crippen molar-refractivity contribution in [3.63, 3.8) is 0 Å². The molecule has 2 heterocycles. The Labute approximate surface area is 119 Å². The van der Waals surface area contributed by atoms with E-state index in [9.17, 15) is 0 Å². The molecule has 20 heavy (non-hydrogen) atoms. The van der Waals surface area contributed by atoms with Crippen LogP contribution < -0.4 is 15.5 Å². The molecule has 1 aromatic carbocycles. The molecule has 0 spiro atoms. The summed E-state index contributed by atoms with van der Waals surface area (Å²) in [4.78, 5) is 13.3. The normalized spacial score (nSPS) is 15.4. The van der Waals surface area contributed by atoms with Gasteiger partial charge >= 0.3 is 0 Å². The highest BCUT2D eigenvalue weighted by Gasteiger charge is 2.18. The molecule has 0 atom stereocenters. The van der Waals surface area contributed by atoms with Crippen LogP contribution in [-0.2, 0) is 0 Å². The van der Waals surface area contributed by atoms with Gasteiger partial charge in [0.05, 0.1) is 0 Å². The highest BCUT2D eigenvalue weighted by atomic mass is 15.3. The van der Waals surface area contributed by atoms with Gasteiger partial charge < -0.3 is 15.5 Å². The van der Waals surface area contributed by atoms with Crippen molar-refractivity contribution in [2.45, 2.75) is 6.92 Å². The maximum Gasteiger partial charge on any atom is 0.132 e. The van der Waals surface area contributed by atoms with Crippen LogP contribution in [0.2, 0.25) is 0 Å². The van der Waals surface area contributed by atoms with Crippen molar-refractivity contribution < 1.29 is 0 Å². The van der Waals surface area contributed by atoms with Crippen molar-refractivity contribution in [2.75, 3.05) is 41.7 Å². The zero-order valence-electron chi connectivity index (χ0n) is 11.7. The van der Waals surface area contributed by atoms with Crippen LogP contribution in [0, 0.1) is 6.92 Å². The maximum absolute atomic E-state index is 5.85. The SMILES string of the molecule is Cc1nccc(N2CCN(c3cccc(N)c3)CC2)n1. The first-order chi connectivity index (χ1) is 9.72. The third-order valence-corrected chi connectivity index (χ3v) is 3.60. The predicted molar refractivity (Wildman–Crippen MR) is 82.0 cm³/mol.